The summed E-state index contributed by atoms with van der Waals surface area (Å²) in [5.41, 5.74) is 3.70. The maximum atomic E-state index is 11.0. The fourth-order valence-corrected chi connectivity index (χ4v) is 2.23. The molecule has 21 heavy (non-hydrogen) atoms. The fourth-order valence-electron chi connectivity index (χ4n) is 2.23. The molecule has 3 heteroatoms. The standard InChI is InChI=1S/C10H8.C8H5NO2/c1-2-5-9-7-4-8-10(9)6-3-1;10-7-5-3-1-2-4-6(5)9-8(7)11/h1-8H;1-4H,(H,9,10,11). The number of fused-ring (bicyclic) bond motifs is 2. The molecule has 1 heterocycles. The minimum absolute atomic E-state index is 0.444. The van der Waals surface area contributed by atoms with Crippen LogP contribution in [0.2, 0.25) is 0 Å². The van der Waals surface area contributed by atoms with E-state index in [1.807, 2.05) is 6.07 Å². The molecule has 3 aliphatic rings. The number of carbonyl (C=O) groups is 2. The maximum Gasteiger partial charge on any atom is 0.296 e. The predicted octanol–water partition coefficient (Wildman–Crippen LogP) is 3.61. The topological polar surface area (TPSA) is 46.2 Å². The van der Waals surface area contributed by atoms with Gasteiger partial charge in [-0.05, 0) is 23.3 Å². The zero-order valence-electron chi connectivity index (χ0n) is 11.2. The van der Waals surface area contributed by atoms with Gasteiger partial charge in [0.05, 0.1) is 11.3 Å². The number of amides is 1. The Morgan fingerprint density at radius 2 is 1.19 bits per heavy atom. The number of ketones is 1. The van der Waals surface area contributed by atoms with Gasteiger partial charge in [-0.25, -0.2) is 0 Å². The van der Waals surface area contributed by atoms with Crippen LogP contribution in [-0.2, 0) is 4.79 Å². The Balaban J connectivity index is 0.000000126. The van der Waals surface area contributed by atoms with Crippen LogP contribution in [0.5, 0.6) is 0 Å². The highest BCUT2D eigenvalue weighted by atomic mass is 16.2. The van der Waals surface area contributed by atoms with E-state index in [-0.39, 0.29) is 0 Å². The van der Waals surface area contributed by atoms with Gasteiger partial charge in [0, 0.05) is 0 Å². The van der Waals surface area contributed by atoms with E-state index < -0.39 is 11.7 Å². The van der Waals surface area contributed by atoms with Gasteiger partial charge in [-0.15, -0.1) is 0 Å². The summed E-state index contributed by atoms with van der Waals surface area (Å²) in [7, 11) is 0. The summed E-state index contributed by atoms with van der Waals surface area (Å²) in [6.07, 6.45) is 0. The van der Waals surface area contributed by atoms with E-state index in [1.165, 1.54) is 11.1 Å². The quantitative estimate of drug-likeness (QED) is 0.637. The molecule has 0 aromatic heterocycles. The average molecular weight is 275 g/mol. The van der Waals surface area contributed by atoms with Gasteiger partial charge in [0.25, 0.3) is 11.7 Å². The fraction of sp³-hybridized carbons (Fsp3) is 0. The first-order valence-electron chi connectivity index (χ1n) is 6.64. The van der Waals surface area contributed by atoms with Crippen molar-refractivity contribution in [3.63, 3.8) is 0 Å². The summed E-state index contributed by atoms with van der Waals surface area (Å²) in [6, 6.07) is 23.6. The Kier molecular flexibility index (Phi) is 3.48. The lowest BCUT2D eigenvalue weighted by Crippen LogP contribution is -2.12. The molecule has 1 N–H and O–H groups in total. The van der Waals surface area contributed by atoms with Crippen LogP contribution in [0.1, 0.15) is 10.4 Å². The SMILES string of the molecule is O=C1Nc2ccccc2C1=O.c1ccc2cccc-2cc1. The Labute approximate surface area is 122 Å². The minimum Gasteiger partial charge on any atom is -0.318 e. The third kappa shape index (κ3) is 2.67. The third-order valence-corrected chi connectivity index (χ3v) is 3.28. The third-order valence-electron chi connectivity index (χ3n) is 3.28. The van der Waals surface area contributed by atoms with Crippen LogP contribution in [0.15, 0.2) is 72.8 Å². The molecular weight excluding hydrogens is 262 g/mol. The zero-order chi connectivity index (χ0) is 14.7. The molecule has 0 saturated heterocycles. The molecule has 0 radical (unpaired) electrons. The molecule has 1 aliphatic heterocycles. The molecular formula is C18H13NO2. The van der Waals surface area contributed by atoms with Gasteiger partial charge in [0.15, 0.2) is 0 Å². The van der Waals surface area contributed by atoms with Crippen LogP contribution in [0.3, 0.4) is 0 Å². The van der Waals surface area contributed by atoms with Gasteiger partial charge in [0.1, 0.15) is 0 Å². The van der Waals surface area contributed by atoms with Crippen LogP contribution in [0.25, 0.3) is 11.1 Å². The van der Waals surface area contributed by atoms with Crippen LogP contribution in [0.4, 0.5) is 5.69 Å². The largest absolute Gasteiger partial charge is 0.318 e. The van der Waals surface area contributed by atoms with Crippen molar-refractivity contribution < 1.29 is 9.59 Å². The molecule has 1 amide bonds. The predicted molar refractivity (Wildman–Crippen MR) is 82.5 cm³/mol. The maximum absolute atomic E-state index is 11.0. The van der Waals surface area contributed by atoms with Crippen LogP contribution >= 0.6 is 0 Å². The molecule has 0 bridgehead atoms. The van der Waals surface area contributed by atoms with Crippen molar-refractivity contribution in [2.24, 2.45) is 0 Å². The average Bonchev–Trinajstić information content (AvgIpc) is 2.98. The lowest BCUT2D eigenvalue weighted by molar-refractivity contribution is -0.112. The van der Waals surface area contributed by atoms with Crippen LogP contribution < -0.4 is 5.32 Å². The van der Waals surface area contributed by atoms with E-state index >= 15 is 0 Å². The molecule has 102 valence electrons. The Morgan fingerprint density at radius 1 is 0.619 bits per heavy atom. The smallest absolute Gasteiger partial charge is 0.296 e. The number of benzene rings is 1. The van der Waals surface area contributed by atoms with Crippen molar-refractivity contribution >= 4 is 17.4 Å². The summed E-state index contributed by atoms with van der Waals surface area (Å²) in [6.45, 7) is 0. The first kappa shape index (κ1) is 13.1. The van der Waals surface area contributed by atoms with Crippen molar-refractivity contribution in [3.05, 3.63) is 78.4 Å². The molecule has 2 aliphatic carbocycles. The Bertz CT molecular complexity index is 752. The summed E-state index contributed by atoms with van der Waals surface area (Å²) >= 11 is 0. The molecule has 4 rings (SSSR count). The summed E-state index contributed by atoms with van der Waals surface area (Å²) in [5.74, 6) is -0.980. The normalized spacial score (nSPS) is 12.4. The molecule has 0 saturated carbocycles. The van der Waals surface area contributed by atoms with E-state index in [0.717, 1.165) is 0 Å². The highest BCUT2D eigenvalue weighted by molar-refractivity contribution is 6.51. The lowest BCUT2D eigenvalue weighted by atomic mass is 10.1. The number of para-hydroxylation sites is 1. The molecule has 1 aromatic carbocycles. The molecule has 0 unspecified atom stereocenters. The molecule has 0 atom stereocenters. The first-order chi connectivity index (χ1) is 10.3. The van der Waals surface area contributed by atoms with Crippen molar-refractivity contribution in [3.8, 4) is 11.1 Å². The highest BCUT2D eigenvalue weighted by Gasteiger charge is 2.26. The summed E-state index contributed by atoms with van der Waals surface area (Å²) in [4.78, 5) is 21.8. The zero-order valence-corrected chi connectivity index (χ0v) is 11.2. The number of anilines is 1. The Morgan fingerprint density at radius 3 is 1.86 bits per heavy atom. The second kappa shape index (κ2) is 5.59. The molecule has 1 aromatic rings. The summed E-state index contributed by atoms with van der Waals surface area (Å²) < 4.78 is 0. The number of rotatable bonds is 0. The van der Waals surface area contributed by atoms with Crippen molar-refractivity contribution in [1.82, 2.24) is 0 Å². The van der Waals surface area contributed by atoms with E-state index in [2.05, 4.69) is 47.8 Å². The monoisotopic (exact) mass is 275 g/mol. The number of Topliss-reactive ketones (excluding diaryl/α,β-unsaturated/α-hetero) is 1. The number of carbonyl (C=O) groups excluding carboxylic acids is 2. The second-order valence-corrected chi connectivity index (χ2v) is 4.68. The van der Waals surface area contributed by atoms with Gasteiger partial charge in [-0.2, -0.15) is 0 Å². The van der Waals surface area contributed by atoms with E-state index in [0.29, 0.717) is 11.3 Å². The highest BCUT2D eigenvalue weighted by Crippen LogP contribution is 2.21. The van der Waals surface area contributed by atoms with Gasteiger partial charge in [-0.1, -0.05) is 60.7 Å². The summed E-state index contributed by atoms with van der Waals surface area (Å²) in [5, 5.41) is 2.46. The van der Waals surface area contributed by atoms with Crippen molar-refractivity contribution in [2.75, 3.05) is 5.32 Å². The number of hydrogen-bond donors (Lipinski definition) is 1. The van der Waals surface area contributed by atoms with Crippen molar-refractivity contribution in [2.45, 2.75) is 0 Å². The number of hydrogen-bond acceptors (Lipinski definition) is 2. The molecule has 0 spiro atoms. The van der Waals surface area contributed by atoms with Gasteiger partial charge >= 0.3 is 0 Å². The molecule has 0 fully saturated rings. The van der Waals surface area contributed by atoms with E-state index in [1.54, 1.807) is 24.3 Å². The minimum atomic E-state index is -0.536. The second-order valence-electron chi connectivity index (χ2n) is 4.68. The van der Waals surface area contributed by atoms with Gasteiger partial charge in [0.2, 0.25) is 0 Å². The van der Waals surface area contributed by atoms with Gasteiger partial charge < -0.3 is 5.32 Å². The number of nitrogens with one attached hydrogen (secondary N) is 1. The lowest BCUT2D eigenvalue weighted by Gasteiger charge is -1.91. The molecule has 3 nitrogen and oxygen atoms in total. The van der Waals surface area contributed by atoms with Crippen LogP contribution in [-0.4, -0.2) is 11.7 Å². The van der Waals surface area contributed by atoms with E-state index in [9.17, 15) is 9.59 Å². The van der Waals surface area contributed by atoms with Crippen molar-refractivity contribution in [1.29, 1.82) is 0 Å². The van der Waals surface area contributed by atoms with Gasteiger partial charge in [-0.3, -0.25) is 9.59 Å². The first-order valence-corrected chi connectivity index (χ1v) is 6.64. The Hall–Kier alpha value is -2.94. The van der Waals surface area contributed by atoms with E-state index in [4.69, 9.17) is 0 Å². The van der Waals surface area contributed by atoms with Crippen LogP contribution in [0, 0.1) is 0 Å².